The van der Waals surface area contributed by atoms with Gasteiger partial charge < -0.3 is 5.11 Å². The number of hydrogen-bond acceptors (Lipinski definition) is 2. The first-order chi connectivity index (χ1) is 9.70. The molecule has 0 amide bonds. The Balaban J connectivity index is 2.22. The highest BCUT2D eigenvalue weighted by atomic mass is 16.4. The monoisotopic (exact) mass is 266 g/mol. The zero-order valence-corrected chi connectivity index (χ0v) is 11.1. The van der Waals surface area contributed by atoms with Gasteiger partial charge in [0.05, 0.1) is 16.6 Å². The minimum Gasteiger partial charge on any atom is -0.478 e. The largest absolute Gasteiger partial charge is 0.478 e. The number of carboxylic acid groups (broad SMARTS) is 1. The molecule has 0 fully saturated rings. The number of imidazole rings is 1. The van der Waals surface area contributed by atoms with Crippen molar-refractivity contribution < 1.29 is 9.90 Å². The second-order valence-corrected chi connectivity index (χ2v) is 4.61. The van der Waals surface area contributed by atoms with E-state index in [-0.39, 0.29) is 5.56 Å². The molecule has 2 aromatic carbocycles. The Morgan fingerprint density at radius 1 is 1.20 bits per heavy atom. The maximum Gasteiger partial charge on any atom is 0.337 e. The second-order valence-electron chi connectivity index (χ2n) is 4.61. The summed E-state index contributed by atoms with van der Waals surface area (Å²) in [6, 6.07) is 13.2. The van der Waals surface area contributed by atoms with Crippen LogP contribution in [0.25, 0.3) is 16.7 Å². The lowest BCUT2D eigenvalue weighted by molar-refractivity contribution is 0.0698. The number of carbonyl (C=O) groups is 1. The van der Waals surface area contributed by atoms with Gasteiger partial charge >= 0.3 is 5.97 Å². The molecule has 0 spiro atoms. The molecule has 3 aromatic rings. The molecule has 0 aliphatic carbocycles. The highest BCUT2D eigenvalue weighted by Crippen LogP contribution is 2.22. The van der Waals surface area contributed by atoms with E-state index in [0.717, 1.165) is 12.1 Å². The normalized spacial score (nSPS) is 10.8. The van der Waals surface area contributed by atoms with Gasteiger partial charge in [0, 0.05) is 5.69 Å². The Kier molecular flexibility index (Phi) is 2.99. The minimum atomic E-state index is -0.942. The molecule has 0 saturated heterocycles. The first kappa shape index (κ1) is 12.4. The molecule has 3 rings (SSSR count). The van der Waals surface area contributed by atoms with Crippen molar-refractivity contribution in [3.05, 3.63) is 59.9 Å². The van der Waals surface area contributed by atoms with E-state index < -0.39 is 5.97 Å². The van der Waals surface area contributed by atoms with Crippen molar-refractivity contribution in [2.24, 2.45) is 0 Å². The van der Waals surface area contributed by atoms with Crippen molar-refractivity contribution >= 4 is 17.0 Å². The van der Waals surface area contributed by atoms with Gasteiger partial charge in [0.1, 0.15) is 6.33 Å². The van der Waals surface area contributed by atoms with Crippen LogP contribution >= 0.6 is 0 Å². The molecule has 1 heterocycles. The molecule has 20 heavy (non-hydrogen) atoms. The van der Waals surface area contributed by atoms with Crippen molar-refractivity contribution in [1.82, 2.24) is 9.55 Å². The number of aromatic nitrogens is 2. The SMILES string of the molecule is CCc1ccc(-n2cnc3cccc(C(=O)O)c32)cc1. The first-order valence-corrected chi connectivity index (χ1v) is 6.49. The van der Waals surface area contributed by atoms with Crippen LogP contribution in [0.15, 0.2) is 48.8 Å². The number of para-hydroxylation sites is 1. The standard InChI is InChI=1S/C16H14N2O2/c1-2-11-6-8-12(9-7-11)18-10-17-14-5-3-4-13(15(14)18)16(19)20/h3-10H,2H2,1H3,(H,19,20). The Morgan fingerprint density at radius 2 is 1.95 bits per heavy atom. The van der Waals surface area contributed by atoms with Gasteiger partial charge in [0.15, 0.2) is 0 Å². The van der Waals surface area contributed by atoms with Crippen LogP contribution < -0.4 is 0 Å². The van der Waals surface area contributed by atoms with E-state index in [2.05, 4.69) is 11.9 Å². The number of fused-ring (bicyclic) bond motifs is 1. The molecule has 0 aliphatic rings. The average molecular weight is 266 g/mol. The summed E-state index contributed by atoms with van der Waals surface area (Å²) in [5.74, 6) is -0.942. The summed E-state index contributed by atoms with van der Waals surface area (Å²) in [5.41, 5.74) is 3.74. The van der Waals surface area contributed by atoms with Crippen LogP contribution in [0.4, 0.5) is 0 Å². The summed E-state index contributed by atoms with van der Waals surface area (Å²) in [6.45, 7) is 2.10. The van der Waals surface area contributed by atoms with E-state index in [0.29, 0.717) is 11.0 Å². The molecule has 1 aromatic heterocycles. The Morgan fingerprint density at radius 3 is 2.60 bits per heavy atom. The highest BCUT2D eigenvalue weighted by Gasteiger charge is 2.13. The quantitative estimate of drug-likeness (QED) is 0.791. The fourth-order valence-corrected chi connectivity index (χ4v) is 2.33. The number of carboxylic acids is 1. The lowest BCUT2D eigenvalue weighted by atomic mass is 10.1. The zero-order chi connectivity index (χ0) is 14.1. The van der Waals surface area contributed by atoms with Gasteiger partial charge in [-0.15, -0.1) is 0 Å². The van der Waals surface area contributed by atoms with Crippen molar-refractivity contribution in [3.63, 3.8) is 0 Å². The predicted molar refractivity (Wildman–Crippen MR) is 77.4 cm³/mol. The maximum absolute atomic E-state index is 11.4. The number of aromatic carboxylic acids is 1. The van der Waals surface area contributed by atoms with E-state index >= 15 is 0 Å². The molecule has 0 atom stereocenters. The minimum absolute atomic E-state index is 0.263. The van der Waals surface area contributed by atoms with Crippen molar-refractivity contribution in [3.8, 4) is 5.69 Å². The summed E-state index contributed by atoms with van der Waals surface area (Å²) in [5, 5.41) is 9.31. The number of nitrogens with zero attached hydrogens (tertiary/aromatic N) is 2. The van der Waals surface area contributed by atoms with Crippen LogP contribution in [-0.4, -0.2) is 20.6 Å². The topological polar surface area (TPSA) is 55.1 Å². The van der Waals surface area contributed by atoms with Gasteiger partial charge in [0.2, 0.25) is 0 Å². The van der Waals surface area contributed by atoms with Gasteiger partial charge in [-0.25, -0.2) is 9.78 Å². The van der Waals surface area contributed by atoms with Crippen LogP contribution in [0.1, 0.15) is 22.8 Å². The van der Waals surface area contributed by atoms with Crippen molar-refractivity contribution in [1.29, 1.82) is 0 Å². The van der Waals surface area contributed by atoms with Gasteiger partial charge in [-0.1, -0.05) is 25.1 Å². The van der Waals surface area contributed by atoms with E-state index in [9.17, 15) is 9.90 Å². The molecule has 4 heteroatoms. The Hall–Kier alpha value is -2.62. The molecular formula is C16H14N2O2. The molecule has 100 valence electrons. The summed E-state index contributed by atoms with van der Waals surface area (Å²) in [6.07, 6.45) is 2.64. The molecule has 1 N–H and O–H groups in total. The third kappa shape index (κ3) is 1.95. The van der Waals surface area contributed by atoms with E-state index in [1.807, 2.05) is 34.9 Å². The molecule has 0 unspecified atom stereocenters. The number of hydrogen-bond donors (Lipinski definition) is 1. The summed E-state index contributed by atoms with van der Waals surface area (Å²) in [4.78, 5) is 15.6. The van der Waals surface area contributed by atoms with E-state index in [4.69, 9.17) is 0 Å². The fourth-order valence-electron chi connectivity index (χ4n) is 2.33. The summed E-state index contributed by atoms with van der Waals surface area (Å²) in [7, 11) is 0. The van der Waals surface area contributed by atoms with Gasteiger partial charge in [-0.3, -0.25) is 4.57 Å². The summed E-state index contributed by atoms with van der Waals surface area (Å²) < 4.78 is 1.82. The molecule has 0 radical (unpaired) electrons. The van der Waals surface area contributed by atoms with Gasteiger partial charge in [0.25, 0.3) is 0 Å². The lowest BCUT2D eigenvalue weighted by Crippen LogP contribution is -2.01. The van der Waals surface area contributed by atoms with E-state index in [1.54, 1.807) is 18.5 Å². The third-order valence-corrected chi connectivity index (χ3v) is 3.42. The molecule has 0 aliphatic heterocycles. The number of rotatable bonds is 3. The molecule has 4 nitrogen and oxygen atoms in total. The highest BCUT2D eigenvalue weighted by molar-refractivity contribution is 6.01. The summed E-state index contributed by atoms with van der Waals surface area (Å²) >= 11 is 0. The molecule has 0 saturated carbocycles. The van der Waals surface area contributed by atoms with Crippen molar-refractivity contribution in [2.75, 3.05) is 0 Å². The van der Waals surface area contributed by atoms with Crippen LogP contribution in [0, 0.1) is 0 Å². The maximum atomic E-state index is 11.4. The van der Waals surface area contributed by atoms with Crippen LogP contribution in [0.3, 0.4) is 0 Å². The molecule has 0 bridgehead atoms. The Bertz CT molecular complexity index is 773. The van der Waals surface area contributed by atoms with Gasteiger partial charge in [-0.05, 0) is 36.2 Å². The predicted octanol–water partition coefficient (Wildman–Crippen LogP) is 3.29. The van der Waals surface area contributed by atoms with Crippen LogP contribution in [0.5, 0.6) is 0 Å². The van der Waals surface area contributed by atoms with Gasteiger partial charge in [-0.2, -0.15) is 0 Å². The lowest BCUT2D eigenvalue weighted by Gasteiger charge is -2.07. The third-order valence-electron chi connectivity index (χ3n) is 3.42. The molecular weight excluding hydrogens is 252 g/mol. The average Bonchev–Trinajstić information content (AvgIpc) is 2.91. The fraction of sp³-hybridized carbons (Fsp3) is 0.125. The zero-order valence-electron chi connectivity index (χ0n) is 11.1. The first-order valence-electron chi connectivity index (χ1n) is 6.49. The van der Waals surface area contributed by atoms with E-state index in [1.165, 1.54) is 5.56 Å². The number of aryl methyl sites for hydroxylation is 1. The van der Waals surface area contributed by atoms with Crippen LogP contribution in [-0.2, 0) is 6.42 Å². The smallest absolute Gasteiger partial charge is 0.337 e. The van der Waals surface area contributed by atoms with Crippen LogP contribution in [0.2, 0.25) is 0 Å². The second kappa shape index (κ2) is 4.81. The Labute approximate surface area is 116 Å². The number of benzene rings is 2. The van der Waals surface area contributed by atoms with Crippen molar-refractivity contribution in [2.45, 2.75) is 13.3 Å².